The number of ketones is 1. The fraction of sp³-hybridized carbons (Fsp3) is 0.300. The molecule has 0 saturated carbocycles. The van der Waals surface area contributed by atoms with Gasteiger partial charge in [-0.15, -0.1) is 0 Å². The van der Waals surface area contributed by atoms with E-state index in [4.69, 9.17) is 0 Å². The van der Waals surface area contributed by atoms with E-state index in [1.54, 1.807) is 30.3 Å². The Morgan fingerprint density at radius 3 is 2.47 bits per heavy atom. The quantitative estimate of drug-likeness (QED) is 0.275. The molecule has 0 aliphatic rings. The van der Waals surface area contributed by atoms with Gasteiger partial charge in [0.25, 0.3) is 6.04 Å². The molecule has 1 atom stereocenters. The lowest BCUT2D eigenvalue weighted by Crippen LogP contribution is -2.30. The Bertz CT molecular complexity index is 353. The zero-order valence-electron chi connectivity index (χ0n) is 7.93. The summed E-state index contributed by atoms with van der Waals surface area (Å²) in [6, 6.07) is 7.28. The summed E-state index contributed by atoms with van der Waals surface area (Å²) in [5.41, 5.74) is 0.407. The number of nitro groups is 1. The van der Waals surface area contributed by atoms with E-state index in [0.29, 0.717) is 9.99 Å². The summed E-state index contributed by atoms with van der Waals surface area (Å²) in [6.45, 7) is 0. The SMILES string of the molecule is O=C(c1ccccc1)C(CCI)[N+](=O)[O-]. The molecule has 80 valence electrons. The summed E-state index contributed by atoms with van der Waals surface area (Å²) in [5, 5.41) is 10.7. The second-order valence-electron chi connectivity index (χ2n) is 3.01. The number of rotatable bonds is 5. The average Bonchev–Trinajstić information content (AvgIpc) is 2.26. The Labute approximate surface area is 101 Å². The smallest absolute Gasteiger partial charge is 0.275 e. The van der Waals surface area contributed by atoms with E-state index in [0.717, 1.165) is 0 Å². The first-order valence-corrected chi connectivity index (χ1v) is 5.98. The molecule has 15 heavy (non-hydrogen) atoms. The molecule has 0 saturated heterocycles. The Balaban J connectivity index is 2.86. The third-order valence-electron chi connectivity index (χ3n) is 2.00. The Morgan fingerprint density at radius 1 is 1.40 bits per heavy atom. The minimum atomic E-state index is -1.11. The molecule has 1 unspecified atom stereocenters. The standard InChI is InChI=1S/C10H10INO3/c11-7-6-9(12(14)15)10(13)8-4-2-1-3-5-8/h1-5,9H,6-7H2. The Kier molecular flexibility index (Phi) is 4.67. The van der Waals surface area contributed by atoms with Crippen LogP contribution in [0.15, 0.2) is 30.3 Å². The lowest BCUT2D eigenvalue weighted by Gasteiger charge is -2.06. The monoisotopic (exact) mass is 319 g/mol. The van der Waals surface area contributed by atoms with Crippen LogP contribution in [0.4, 0.5) is 0 Å². The molecule has 0 bridgehead atoms. The third kappa shape index (κ3) is 3.26. The van der Waals surface area contributed by atoms with Crippen LogP contribution < -0.4 is 0 Å². The number of hydrogen-bond acceptors (Lipinski definition) is 3. The number of halogens is 1. The third-order valence-corrected chi connectivity index (χ3v) is 2.62. The van der Waals surface area contributed by atoms with Crippen molar-refractivity contribution in [2.45, 2.75) is 12.5 Å². The molecule has 0 amide bonds. The molecule has 0 spiro atoms. The number of nitrogens with zero attached hydrogens (tertiary/aromatic N) is 1. The molecule has 0 radical (unpaired) electrons. The van der Waals surface area contributed by atoms with Gasteiger partial charge in [0.15, 0.2) is 0 Å². The molecule has 1 aromatic rings. The van der Waals surface area contributed by atoms with E-state index in [2.05, 4.69) is 0 Å². The summed E-state index contributed by atoms with van der Waals surface area (Å²) in [6.07, 6.45) is 0.279. The van der Waals surface area contributed by atoms with Crippen molar-refractivity contribution in [3.63, 3.8) is 0 Å². The van der Waals surface area contributed by atoms with Gasteiger partial charge < -0.3 is 0 Å². The fourth-order valence-electron chi connectivity index (χ4n) is 1.23. The van der Waals surface area contributed by atoms with Gasteiger partial charge in [0.05, 0.1) is 0 Å². The van der Waals surface area contributed by atoms with Gasteiger partial charge in [-0.05, 0) is 0 Å². The molecule has 0 N–H and O–H groups in total. The minimum absolute atomic E-state index is 0.279. The maximum absolute atomic E-state index is 11.7. The summed E-state index contributed by atoms with van der Waals surface area (Å²) < 4.78 is 0.599. The molecule has 1 aromatic carbocycles. The highest BCUT2D eigenvalue weighted by molar-refractivity contribution is 14.1. The summed E-state index contributed by atoms with van der Waals surface area (Å²) >= 11 is 2.03. The number of carbonyl (C=O) groups excluding carboxylic acids is 1. The molecule has 0 aromatic heterocycles. The van der Waals surface area contributed by atoms with Crippen molar-refractivity contribution >= 4 is 28.4 Å². The largest absolute Gasteiger partial charge is 0.286 e. The topological polar surface area (TPSA) is 60.2 Å². The van der Waals surface area contributed by atoms with Gasteiger partial charge in [-0.3, -0.25) is 14.9 Å². The molecule has 0 heterocycles. The van der Waals surface area contributed by atoms with E-state index in [-0.39, 0.29) is 6.42 Å². The zero-order chi connectivity index (χ0) is 11.3. The van der Waals surface area contributed by atoms with Crippen LogP contribution in [0.1, 0.15) is 16.8 Å². The van der Waals surface area contributed by atoms with Gasteiger partial charge in [-0.25, -0.2) is 0 Å². The van der Waals surface area contributed by atoms with Crippen molar-refractivity contribution < 1.29 is 9.72 Å². The highest BCUT2D eigenvalue weighted by atomic mass is 127. The van der Waals surface area contributed by atoms with Crippen molar-refractivity contribution in [3.8, 4) is 0 Å². The first-order valence-electron chi connectivity index (χ1n) is 4.45. The lowest BCUT2D eigenvalue weighted by molar-refractivity contribution is -0.505. The highest BCUT2D eigenvalue weighted by Crippen LogP contribution is 2.10. The Morgan fingerprint density at radius 2 is 2.00 bits per heavy atom. The van der Waals surface area contributed by atoms with Crippen molar-refractivity contribution in [2.75, 3.05) is 4.43 Å². The number of carbonyl (C=O) groups is 1. The van der Waals surface area contributed by atoms with Gasteiger partial charge >= 0.3 is 0 Å². The molecule has 0 aliphatic carbocycles. The van der Waals surface area contributed by atoms with Gasteiger partial charge in [0.2, 0.25) is 5.78 Å². The predicted octanol–water partition coefficient (Wildman–Crippen LogP) is 2.34. The number of hydrogen-bond donors (Lipinski definition) is 0. The second-order valence-corrected chi connectivity index (χ2v) is 4.09. The van der Waals surface area contributed by atoms with E-state index < -0.39 is 16.7 Å². The van der Waals surface area contributed by atoms with E-state index in [1.807, 2.05) is 22.6 Å². The van der Waals surface area contributed by atoms with Crippen LogP contribution in [0.25, 0.3) is 0 Å². The van der Waals surface area contributed by atoms with Crippen molar-refractivity contribution in [3.05, 3.63) is 46.0 Å². The van der Waals surface area contributed by atoms with Crippen molar-refractivity contribution in [1.82, 2.24) is 0 Å². The van der Waals surface area contributed by atoms with Crippen LogP contribution in [-0.4, -0.2) is 21.2 Å². The molecule has 5 heteroatoms. The maximum atomic E-state index is 11.7. The molecular formula is C10H10INO3. The van der Waals surface area contributed by atoms with Crippen molar-refractivity contribution in [2.24, 2.45) is 0 Å². The molecule has 1 rings (SSSR count). The fourth-order valence-corrected chi connectivity index (χ4v) is 1.82. The van der Waals surface area contributed by atoms with Crippen LogP contribution in [0, 0.1) is 10.1 Å². The molecule has 4 nitrogen and oxygen atoms in total. The van der Waals surface area contributed by atoms with Gasteiger partial charge in [0.1, 0.15) is 0 Å². The first kappa shape index (κ1) is 12.1. The van der Waals surface area contributed by atoms with Gasteiger partial charge in [0, 0.05) is 21.3 Å². The molecule has 0 fully saturated rings. The van der Waals surface area contributed by atoms with Gasteiger partial charge in [-0.1, -0.05) is 52.9 Å². The predicted molar refractivity (Wildman–Crippen MR) is 65.1 cm³/mol. The van der Waals surface area contributed by atoms with Crippen LogP contribution in [0.3, 0.4) is 0 Å². The molecule has 0 aliphatic heterocycles. The zero-order valence-corrected chi connectivity index (χ0v) is 10.1. The summed E-state index contributed by atoms with van der Waals surface area (Å²) in [4.78, 5) is 21.9. The van der Waals surface area contributed by atoms with Crippen molar-refractivity contribution in [1.29, 1.82) is 0 Å². The number of benzene rings is 1. The normalized spacial score (nSPS) is 12.1. The summed E-state index contributed by atoms with van der Waals surface area (Å²) in [5.74, 6) is -0.405. The second kappa shape index (κ2) is 5.79. The number of alkyl halides is 1. The summed E-state index contributed by atoms with van der Waals surface area (Å²) in [7, 11) is 0. The van der Waals surface area contributed by atoms with E-state index in [1.165, 1.54) is 0 Å². The van der Waals surface area contributed by atoms with Crippen LogP contribution in [-0.2, 0) is 0 Å². The van der Waals surface area contributed by atoms with Crippen LogP contribution in [0.2, 0.25) is 0 Å². The maximum Gasteiger partial charge on any atom is 0.275 e. The lowest BCUT2D eigenvalue weighted by atomic mass is 10.0. The van der Waals surface area contributed by atoms with E-state index in [9.17, 15) is 14.9 Å². The average molecular weight is 319 g/mol. The highest BCUT2D eigenvalue weighted by Gasteiger charge is 2.29. The first-order chi connectivity index (χ1) is 7.16. The minimum Gasteiger partial charge on any atom is -0.286 e. The van der Waals surface area contributed by atoms with Gasteiger partial charge in [-0.2, -0.15) is 0 Å². The van der Waals surface area contributed by atoms with Crippen LogP contribution in [0.5, 0.6) is 0 Å². The van der Waals surface area contributed by atoms with Crippen LogP contribution >= 0.6 is 22.6 Å². The number of Topliss-reactive ketones (excluding diaryl/α,β-unsaturated/α-hetero) is 1. The Hall–Kier alpha value is -0.980. The molecular weight excluding hydrogens is 309 g/mol. The van der Waals surface area contributed by atoms with E-state index >= 15 is 0 Å².